The van der Waals surface area contributed by atoms with Crippen LogP contribution in [0.5, 0.6) is 5.75 Å². The van der Waals surface area contributed by atoms with E-state index in [4.69, 9.17) is 9.47 Å². The molecule has 23 heavy (non-hydrogen) atoms. The summed E-state index contributed by atoms with van der Waals surface area (Å²) in [6, 6.07) is 18.0. The Kier molecular flexibility index (Phi) is 6.17. The van der Waals surface area contributed by atoms with E-state index in [1.165, 1.54) is 0 Å². The van der Waals surface area contributed by atoms with Crippen molar-refractivity contribution in [2.75, 3.05) is 11.9 Å². The molecule has 2 aromatic carbocycles. The molecule has 0 spiro atoms. The first kappa shape index (κ1) is 16.5. The summed E-state index contributed by atoms with van der Waals surface area (Å²) in [4.78, 5) is 23.8. The second-order valence-corrected chi connectivity index (χ2v) is 4.85. The Hall–Kier alpha value is -2.82. The molecule has 0 aliphatic heterocycles. The van der Waals surface area contributed by atoms with Crippen molar-refractivity contribution in [1.82, 2.24) is 0 Å². The predicted octanol–water partition coefficient (Wildman–Crippen LogP) is 3.03. The Bertz CT molecular complexity index is 628. The maximum Gasteiger partial charge on any atom is 0.347 e. The highest BCUT2D eigenvalue weighted by atomic mass is 16.6. The quantitative estimate of drug-likeness (QED) is 0.798. The Morgan fingerprint density at radius 1 is 1.00 bits per heavy atom. The van der Waals surface area contributed by atoms with Gasteiger partial charge in [-0.2, -0.15) is 0 Å². The maximum atomic E-state index is 12.0. The number of carbonyl (C=O) groups excluding carboxylic acids is 2. The van der Waals surface area contributed by atoms with E-state index in [2.05, 4.69) is 5.32 Å². The van der Waals surface area contributed by atoms with Gasteiger partial charge in [0.25, 0.3) is 5.91 Å². The summed E-state index contributed by atoms with van der Waals surface area (Å²) < 4.78 is 10.6. The van der Waals surface area contributed by atoms with Crippen LogP contribution in [-0.2, 0) is 14.3 Å². The lowest BCUT2D eigenvalue weighted by molar-refractivity contribution is -0.154. The number of anilines is 1. The lowest BCUT2D eigenvalue weighted by Crippen LogP contribution is -2.31. The summed E-state index contributed by atoms with van der Waals surface area (Å²) in [6.45, 7) is 1.47. The standard InChI is InChI=1S/C18H19NO4/c1-2-16(23-15-11-7-4-8-12-15)18(21)22-13-17(20)19-14-9-5-3-6-10-14/h3-12,16H,2,13H2,1H3,(H,19,20)/t16-/m0/s1. The number of ether oxygens (including phenoxy) is 2. The fourth-order valence-corrected chi connectivity index (χ4v) is 1.91. The third kappa shape index (κ3) is 5.47. The topological polar surface area (TPSA) is 64.6 Å². The summed E-state index contributed by atoms with van der Waals surface area (Å²) in [5.41, 5.74) is 0.654. The minimum absolute atomic E-state index is 0.345. The van der Waals surface area contributed by atoms with Crippen molar-refractivity contribution in [2.24, 2.45) is 0 Å². The molecule has 120 valence electrons. The zero-order valence-corrected chi connectivity index (χ0v) is 12.9. The zero-order chi connectivity index (χ0) is 16.5. The van der Waals surface area contributed by atoms with E-state index in [9.17, 15) is 9.59 Å². The summed E-state index contributed by atoms with van der Waals surface area (Å²) >= 11 is 0. The van der Waals surface area contributed by atoms with Gasteiger partial charge in [0, 0.05) is 5.69 Å². The van der Waals surface area contributed by atoms with Gasteiger partial charge >= 0.3 is 5.97 Å². The monoisotopic (exact) mass is 313 g/mol. The number of benzene rings is 2. The van der Waals surface area contributed by atoms with Crippen molar-refractivity contribution in [3.8, 4) is 5.75 Å². The Morgan fingerprint density at radius 3 is 2.22 bits per heavy atom. The first-order valence-electron chi connectivity index (χ1n) is 7.42. The fraction of sp³-hybridized carbons (Fsp3) is 0.222. The minimum atomic E-state index is -0.734. The first-order valence-corrected chi connectivity index (χ1v) is 7.42. The zero-order valence-electron chi connectivity index (χ0n) is 12.9. The molecule has 1 N–H and O–H groups in total. The molecular weight excluding hydrogens is 294 g/mol. The van der Waals surface area contributed by atoms with Crippen molar-refractivity contribution in [3.63, 3.8) is 0 Å². The molecule has 0 heterocycles. The van der Waals surface area contributed by atoms with Crippen LogP contribution in [0.25, 0.3) is 0 Å². The average molecular weight is 313 g/mol. The van der Waals surface area contributed by atoms with Crippen LogP contribution in [0.2, 0.25) is 0 Å². The van der Waals surface area contributed by atoms with E-state index < -0.39 is 12.1 Å². The van der Waals surface area contributed by atoms with E-state index in [-0.39, 0.29) is 12.5 Å². The van der Waals surface area contributed by atoms with Crippen molar-refractivity contribution in [1.29, 1.82) is 0 Å². The Balaban J connectivity index is 1.81. The summed E-state index contributed by atoms with van der Waals surface area (Å²) in [5.74, 6) is -0.358. The minimum Gasteiger partial charge on any atom is -0.479 e. The van der Waals surface area contributed by atoms with Crippen molar-refractivity contribution in [3.05, 3.63) is 60.7 Å². The van der Waals surface area contributed by atoms with Crippen LogP contribution in [0.1, 0.15) is 13.3 Å². The van der Waals surface area contributed by atoms with Gasteiger partial charge in [-0.1, -0.05) is 43.3 Å². The van der Waals surface area contributed by atoms with E-state index in [0.717, 1.165) is 0 Å². The molecule has 0 aliphatic rings. The molecule has 1 atom stereocenters. The van der Waals surface area contributed by atoms with Gasteiger partial charge in [-0.25, -0.2) is 4.79 Å². The van der Waals surface area contributed by atoms with E-state index in [0.29, 0.717) is 17.9 Å². The van der Waals surface area contributed by atoms with Crippen LogP contribution in [0, 0.1) is 0 Å². The molecule has 2 rings (SSSR count). The van der Waals surface area contributed by atoms with Gasteiger partial charge in [0.2, 0.25) is 0 Å². The average Bonchev–Trinajstić information content (AvgIpc) is 2.59. The van der Waals surface area contributed by atoms with Crippen LogP contribution in [-0.4, -0.2) is 24.6 Å². The van der Waals surface area contributed by atoms with Crippen molar-refractivity contribution in [2.45, 2.75) is 19.4 Å². The molecule has 0 saturated carbocycles. The largest absolute Gasteiger partial charge is 0.479 e. The van der Waals surface area contributed by atoms with Gasteiger partial charge in [0.05, 0.1) is 0 Å². The number of para-hydroxylation sites is 2. The van der Waals surface area contributed by atoms with Gasteiger partial charge in [-0.05, 0) is 30.7 Å². The van der Waals surface area contributed by atoms with Crippen LogP contribution < -0.4 is 10.1 Å². The molecule has 0 bridgehead atoms. The number of amides is 1. The molecular formula is C18H19NO4. The van der Waals surface area contributed by atoms with E-state index in [1.54, 1.807) is 24.3 Å². The first-order chi connectivity index (χ1) is 11.2. The van der Waals surface area contributed by atoms with Gasteiger partial charge < -0.3 is 14.8 Å². The number of rotatable bonds is 7. The third-order valence-corrected chi connectivity index (χ3v) is 3.06. The number of nitrogens with one attached hydrogen (secondary N) is 1. The molecule has 0 aliphatic carbocycles. The summed E-state index contributed by atoms with van der Waals surface area (Å²) in [6.07, 6.45) is -0.282. The van der Waals surface area contributed by atoms with Crippen LogP contribution in [0.3, 0.4) is 0 Å². The van der Waals surface area contributed by atoms with E-state index in [1.807, 2.05) is 43.3 Å². The van der Waals surface area contributed by atoms with Crippen LogP contribution in [0.4, 0.5) is 5.69 Å². The van der Waals surface area contributed by atoms with Gasteiger partial charge in [0.15, 0.2) is 12.7 Å². The Labute approximate surface area is 135 Å². The molecule has 2 aromatic rings. The highest BCUT2D eigenvalue weighted by Crippen LogP contribution is 2.13. The summed E-state index contributed by atoms with van der Waals surface area (Å²) in [7, 11) is 0. The van der Waals surface area contributed by atoms with E-state index >= 15 is 0 Å². The van der Waals surface area contributed by atoms with Gasteiger partial charge in [0.1, 0.15) is 5.75 Å². The van der Waals surface area contributed by atoms with Crippen molar-refractivity contribution < 1.29 is 19.1 Å². The molecule has 0 aromatic heterocycles. The molecule has 0 saturated heterocycles. The normalized spacial score (nSPS) is 11.3. The number of carbonyl (C=O) groups is 2. The van der Waals surface area contributed by atoms with Gasteiger partial charge in [-0.15, -0.1) is 0 Å². The lowest BCUT2D eigenvalue weighted by atomic mass is 10.2. The third-order valence-electron chi connectivity index (χ3n) is 3.06. The fourth-order valence-electron chi connectivity index (χ4n) is 1.91. The lowest BCUT2D eigenvalue weighted by Gasteiger charge is -2.16. The van der Waals surface area contributed by atoms with Crippen LogP contribution >= 0.6 is 0 Å². The Morgan fingerprint density at radius 2 is 1.61 bits per heavy atom. The SMILES string of the molecule is CC[C@H](Oc1ccccc1)C(=O)OCC(=O)Nc1ccccc1. The number of hydrogen-bond acceptors (Lipinski definition) is 4. The molecule has 5 heteroatoms. The molecule has 1 amide bonds. The smallest absolute Gasteiger partial charge is 0.347 e. The predicted molar refractivity (Wildman–Crippen MR) is 87.2 cm³/mol. The van der Waals surface area contributed by atoms with Crippen molar-refractivity contribution >= 4 is 17.6 Å². The number of esters is 1. The highest BCUT2D eigenvalue weighted by molar-refractivity contribution is 5.93. The molecule has 0 radical (unpaired) electrons. The van der Waals surface area contributed by atoms with Gasteiger partial charge in [-0.3, -0.25) is 4.79 Å². The molecule has 0 fully saturated rings. The van der Waals surface area contributed by atoms with Crippen LogP contribution in [0.15, 0.2) is 60.7 Å². The second-order valence-electron chi connectivity index (χ2n) is 4.85. The summed E-state index contributed by atoms with van der Waals surface area (Å²) in [5, 5.41) is 2.65. The molecule has 5 nitrogen and oxygen atoms in total. The second kappa shape index (κ2) is 8.58. The number of hydrogen-bond donors (Lipinski definition) is 1. The molecule has 0 unspecified atom stereocenters. The maximum absolute atomic E-state index is 12.0. The highest BCUT2D eigenvalue weighted by Gasteiger charge is 2.21.